The fraction of sp³-hybridized carbons (Fsp3) is 0.714. The standard InChI is InChI=1S/C14H22N4O2S/c1-2-18(12-6-10-21(19,20)11-12)13-5-7-15-14(16-13)17-8-3-4-9-17/h5,7,12H,2-4,6,8-11H2,1H3. The maximum absolute atomic E-state index is 11.7. The Balaban J connectivity index is 1.82. The van der Waals surface area contributed by atoms with Crippen LogP contribution in [0.25, 0.3) is 0 Å². The molecule has 0 spiro atoms. The van der Waals surface area contributed by atoms with Crippen molar-refractivity contribution in [2.75, 3.05) is 40.9 Å². The summed E-state index contributed by atoms with van der Waals surface area (Å²) in [5.74, 6) is 2.14. The van der Waals surface area contributed by atoms with Crippen molar-refractivity contribution in [1.82, 2.24) is 9.97 Å². The molecule has 0 saturated carbocycles. The van der Waals surface area contributed by atoms with Crippen LogP contribution in [0.2, 0.25) is 0 Å². The number of anilines is 2. The van der Waals surface area contributed by atoms with Crippen LogP contribution in [0.3, 0.4) is 0 Å². The largest absolute Gasteiger partial charge is 0.353 e. The molecule has 0 bridgehead atoms. The van der Waals surface area contributed by atoms with Crippen molar-refractivity contribution in [2.24, 2.45) is 0 Å². The number of hydrogen-bond acceptors (Lipinski definition) is 6. The van der Waals surface area contributed by atoms with Gasteiger partial charge in [0.25, 0.3) is 0 Å². The Morgan fingerprint density at radius 2 is 2.14 bits per heavy atom. The molecule has 21 heavy (non-hydrogen) atoms. The minimum absolute atomic E-state index is 0.0429. The van der Waals surface area contributed by atoms with Crippen LogP contribution in [-0.2, 0) is 9.84 Å². The lowest BCUT2D eigenvalue weighted by Gasteiger charge is -2.28. The Kier molecular flexibility index (Phi) is 4.01. The summed E-state index contributed by atoms with van der Waals surface area (Å²) in [4.78, 5) is 13.3. The SMILES string of the molecule is CCN(c1ccnc(N2CCCC2)n1)C1CCS(=O)(=O)C1. The van der Waals surface area contributed by atoms with Crippen LogP contribution in [0, 0.1) is 0 Å². The van der Waals surface area contributed by atoms with Crippen LogP contribution in [0.15, 0.2) is 12.3 Å². The van der Waals surface area contributed by atoms with Gasteiger partial charge >= 0.3 is 0 Å². The van der Waals surface area contributed by atoms with Crippen LogP contribution in [0.1, 0.15) is 26.2 Å². The molecule has 7 heteroatoms. The van der Waals surface area contributed by atoms with Crippen LogP contribution in [0.4, 0.5) is 11.8 Å². The summed E-state index contributed by atoms with van der Waals surface area (Å²) < 4.78 is 23.4. The molecule has 3 heterocycles. The lowest BCUT2D eigenvalue weighted by atomic mass is 10.2. The second kappa shape index (κ2) is 5.79. The van der Waals surface area contributed by atoms with Gasteiger partial charge in [-0.15, -0.1) is 0 Å². The average Bonchev–Trinajstić information content (AvgIpc) is 3.10. The maximum Gasteiger partial charge on any atom is 0.227 e. The minimum atomic E-state index is -2.88. The van der Waals surface area contributed by atoms with E-state index in [1.165, 1.54) is 12.8 Å². The molecule has 2 fully saturated rings. The van der Waals surface area contributed by atoms with Crippen molar-refractivity contribution in [3.05, 3.63) is 12.3 Å². The fourth-order valence-electron chi connectivity index (χ4n) is 3.20. The van der Waals surface area contributed by atoms with E-state index in [4.69, 9.17) is 0 Å². The highest BCUT2D eigenvalue weighted by Crippen LogP contribution is 2.24. The molecule has 116 valence electrons. The molecule has 3 rings (SSSR count). The molecule has 2 aliphatic rings. The number of nitrogens with zero attached hydrogens (tertiary/aromatic N) is 4. The number of aromatic nitrogens is 2. The monoisotopic (exact) mass is 310 g/mol. The molecule has 0 radical (unpaired) electrons. The molecule has 6 nitrogen and oxygen atoms in total. The Hall–Kier alpha value is -1.37. The molecule has 2 aliphatic heterocycles. The van der Waals surface area contributed by atoms with Crippen LogP contribution >= 0.6 is 0 Å². The summed E-state index contributed by atoms with van der Waals surface area (Å²) >= 11 is 0. The predicted molar refractivity (Wildman–Crippen MR) is 83.6 cm³/mol. The van der Waals surface area contributed by atoms with E-state index in [2.05, 4.69) is 19.8 Å². The molecule has 1 atom stereocenters. The lowest BCUT2D eigenvalue weighted by molar-refractivity contribution is 0.599. The number of hydrogen-bond donors (Lipinski definition) is 0. The molecular formula is C14H22N4O2S. The third-order valence-corrected chi connectivity index (χ3v) is 6.05. The Bertz CT molecular complexity index is 599. The van der Waals surface area contributed by atoms with E-state index in [1.54, 1.807) is 6.20 Å². The van der Waals surface area contributed by atoms with Crippen molar-refractivity contribution >= 4 is 21.6 Å². The normalized spacial score (nSPS) is 24.4. The summed E-state index contributed by atoms with van der Waals surface area (Å²) in [5, 5.41) is 0. The van der Waals surface area contributed by atoms with Gasteiger partial charge in [-0.25, -0.2) is 13.4 Å². The zero-order valence-corrected chi connectivity index (χ0v) is 13.2. The second-order valence-corrected chi connectivity index (χ2v) is 7.98. The Labute approximate surface area is 126 Å². The summed E-state index contributed by atoms with van der Waals surface area (Å²) in [5.41, 5.74) is 0. The van der Waals surface area contributed by atoms with E-state index >= 15 is 0 Å². The van der Waals surface area contributed by atoms with E-state index < -0.39 is 9.84 Å². The van der Waals surface area contributed by atoms with E-state index in [1.807, 2.05) is 13.0 Å². The molecule has 0 amide bonds. The van der Waals surface area contributed by atoms with Gasteiger partial charge in [-0.1, -0.05) is 0 Å². The van der Waals surface area contributed by atoms with Crippen molar-refractivity contribution < 1.29 is 8.42 Å². The highest BCUT2D eigenvalue weighted by molar-refractivity contribution is 7.91. The molecule has 1 aromatic rings. The third kappa shape index (κ3) is 3.12. The first kappa shape index (κ1) is 14.6. The van der Waals surface area contributed by atoms with Crippen molar-refractivity contribution in [3.63, 3.8) is 0 Å². The second-order valence-electron chi connectivity index (χ2n) is 5.75. The third-order valence-electron chi connectivity index (χ3n) is 4.30. The van der Waals surface area contributed by atoms with Gasteiger partial charge in [-0.2, -0.15) is 4.98 Å². The van der Waals surface area contributed by atoms with Gasteiger partial charge in [0.15, 0.2) is 9.84 Å². The molecule has 2 saturated heterocycles. The quantitative estimate of drug-likeness (QED) is 0.829. The van der Waals surface area contributed by atoms with E-state index in [9.17, 15) is 8.42 Å². The molecule has 1 unspecified atom stereocenters. The lowest BCUT2D eigenvalue weighted by Crippen LogP contribution is -2.37. The smallest absolute Gasteiger partial charge is 0.227 e. The topological polar surface area (TPSA) is 66.4 Å². The van der Waals surface area contributed by atoms with Crippen molar-refractivity contribution in [2.45, 2.75) is 32.2 Å². The first-order valence-corrected chi connectivity index (χ1v) is 9.46. The zero-order chi connectivity index (χ0) is 14.9. The zero-order valence-electron chi connectivity index (χ0n) is 12.4. The molecule has 0 aromatic carbocycles. The first-order valence-electron chi connectivity index (χ1n) is 7.64. The highest BCUT2D eigenvalue weighted by Gasteiger charge is 2.32. The van der Waals surface area contributed by atoms with Crippen LogP contribution in [-0.4, -0.2) is 55.6 Å². The predicted octanol–water partition coefficient (Wildman–Crippen LogP) is 1.09. The number of rotatable bonds is 4. The first-order chi connectivity index (χ1) is 10.1. The van der Waals surface area contributed by atoms with Gasteiger partial charge < -0.3 is 9.80 Å². The van der Waals surface area contributed by atoms with Gasteiger partial charge in [-0.3, -0.25) is 0 Å². The minimum Gasteiger partial charge on any atom is -0.353 e. The Morgan fingerprint density at radius 1 is 1.38 bits per heavy atom. The van der Waals surface area contributed by atoms with Gasteiger partial charge in [-0.05, 0) is 32.3 Å². The molecule has 0 aliphatic carbocycles. The molecule has 0 N–H and O–H groups in total. The van der Waals surface area contributed by atoms with E-state index in [0.29, 0.717) is 6.42 Å². The van der Waals surface area contributed by atoms with Crippen LogP contribution in [0.5, 0.6) is 0 Å². The number of sulfone groups is 1. The van der Waals surface area contributed by atoms with Gasteiger partial charge in [0, 0.05) is 31.9 Å². The van der Waals surface area contributed by atoms with Crippen molar-refractivity contribution in [1.29, 1.82) is 0 Å². The average molecular weight is 310 g/mol. The van der Waals surface area contributed by atoms with Crippen molar-refractivity contribution in [3.8, 4) is 0 Å². The summed E-state index contributed by atoms with van der Waals surface area (Å²) in [6.07, 6.45) is 4.85. The fourth-order valence-corrected chi connectivity index (χ4v) is 4.93. The van der Waals surface area contributed by atoms with Gasteiger partial charge in [0.05, 0.1) is 11.5 Å². The summed E-state index contributed by atoms with van der Waals surface area (Å²) in [6.45, 7) is 4.82. The van der Waals surface area contributed by atoms with Gasteiger partial charge in [0.2, 0.25) is 5.95 Å². The summed E-state index contributed by atoms with van der Waals surface area (Å²) in [6, 6.07) is 1.93. The maximum atomic E-state index is 11.7. The summed E-state index contributed by atoms with van der Waals surface area (Å²) in [7, 11) is -2.88. The Morgan fingerprint density at radius 3 is 2.76 bits per heavy atom. The molecular weight excluding hydrogens is 288 g/mol. The van der Waals surface area contributed by atoms with E-state index in [0.717, 1.165) is 31.4 Å². The van der Waals surface area contributed by atoms with E-state index in [-0.39, 0.29) is 17.5 Å². The van der Waals surface area contributed by atoms with Gasteiger partial charge in [0.1, 0.15) is 5.82 Å². The van der Waals surface area contributed by atoms with Crippen LogP contribution < -0.4 is 9.80 Å². The molecule has 1 aromatic heterocycles. The highest BCUT2D eigenvalue weighted by atomic mass is 32.2.